The highest BCUT2D eigenvalue weighted by atomic mass is 79.9. The molecule has 0 atom stereocenters. The molecule has 8 rings (SSSR count). The number of benzene rings is 4. The van der Waals surface area contributed by atoms with Crippen LogP contribution >= 0.6 is 63.7 Å². The fraction of sp³-hybridized carbons (Fsp3) is 0.200. The lowest BCUT2D eigenvalue weighted by atomic mass is 9.81. The van der Waals surface area contributed by atoms with Gasteiger partial charge >= 0.3 is 0 Å². The van der Waals surface area contributed by atoms with Crippen LogP contribution in [-0.2, 0) is 9.16 Å². The van der Waals surface area contributed by atoms with Gasteiger partial charge in [-0.2, -0.15) is 8.78 Å². The Morgan fingerprint density at radius 1 is 0.540 bits per heavy atom. The van der Waals surface area contributed by atoms with Gasteiger partial charge in [-0.05, 0) is 69.7 Å². The number of nitrogens with zero attached hydrogens (tertiary/aromatic N) is 4. The zero-order chi connectivity index (χ0) is 35.6. The van der Waals surface area contributed by atoms with E-state index in [1.165, 1.54) is 25.5 Å². The molecule has 0 unspecified atom stereocenters. The van der Waals surface area contributed by atoms with E-state index in [2.05, 4.69) is 123 Å². The van der Waals surface area contributed by atoms with Crippen molar-refractivity contribution >= 4 is 96.9 Å². The van der Waals surface area contributed by atoms with Crippen LogP contribution in [0, 0.1) is 0 Å². The summed E-state index contributed by atoms with van der Waals surface area (Å²) in [6.45, 7) is 7.18. The molecule has 0 fully saturated rings. The Morgan fingerprint density at radius 2 is 0.980 bits per heavy atom. The maximum Gasteiger partial charge on any atom is 0.297 e. The van der Waals surface area contributed by atoms with Gasteiger partial charge in [0, 0.05) is 59.9 Å². The number of aromatic nitrogens is 2. The van der Waals surface area contributed by atoms with E-state index in [1.807, 2.05) is 48.7 Å². The molecule has 0 saturated heterocycles. The molecule has 50 heavy (non-hydrogen) atoms. The normalized spacial score (nSPS) is 17.9. The Bertz CT molecular complexity index is 2220. The van der Waals surface area contributed by atoms with Gasteiger partial charge in [-0.15, -0.1) is 0 Å². The van der Waals surface area contributed by atoms with Gasteiger partial charge in [0.2, 0.25) is 0 Å². The number of hydrogen-bond donors (Lipinski definition) is 0. The summed E-state index contributed by atoms with van der Waals surface area (Å²) in [5.74, 6) is -3.03. The molecule has 0 radical (unpaired) electrons. The summed E-state index contributed by atoms with van der Waals surface area (Å²) in [5.41, 5.74) is 6.02. The van der Waals surface area contributed by atoms with Crippen LogP contribution in [0.2, 0.25) is 0 Å². The molecule has 10 heteroatoms. The highest BCUT2D eigenvalue weighted by Gasteiger charge is 2.52. The minimum absolute atomic E-state index is 0.0147. The van der Waals surface area contributed by atoms with Gasteiger partial charge in [-0.25, -0.2) is 0 Å². The first kappa shape index (κ1) is 35.2. The van der Waals surface area contributed by atoms with Crippen LogP contribution in [0.15, 0.2) is 128 Å². The van der Waals surface area contributed by atoms with Crippen molar-refractivity contribution in [1.82, 2.24) is 9.97 Å². The smallest absolute Gasteiger partial charge is 0.275 e. The Balaban J connectivity index is 0.000000157. The topological polar surface area (TPSA) is 50.5 Å². The summed E-state index contributed by atoms with van der Waals surface area (Å²) >= 11 is 14.6. The van der Waals surface area contributed by atoms with Crippen molar-refractivity contribution in [3.63, 3.8) is 0 Å². The molecule has 0 N–H and O–H groups in total. The first-order chi connectivity index (χ1) is 23.6. The second kappa shape index (κ2) is 12.8. The highest BCUT2D eigenvalue weighted by Crippen LogP contribution is 2.53. The van der Waals surface area contributed by atoms with E-state index in [4.69, 9.17) is 4.99 Å². The van der Waals surface area contributed by atoms with Crippen molar-refractivity contribution in [3.05, 3.63) is 152 Å². The molecule has 0 amide bonds. The van der Waals surface area contributed by atoms with E-state index in [1.54, 1.807) is 24.4 Å². The standard InChI is InChI=1S/C20H15Br3N2.C20H15BrF2N2/c2*1-19(2)20(22,23)16-6-4-3-5-15(16)18(25-19)13-9-12-7-8-14(21)10-17(12)24-11-13/h2*3-11H,1-2H3. The van der Waals surface area contributed by atoms with Crippen molar-refractivity contribution in [2.75, 3.05) is 0 Å². The van der Waals surface area contributed by atoms with E-state index < -0.39 is 14.7 Å². The van der Waals surface area contributed by atoms with Crippen LogP contribution in [-0.4, -0.2) is 32.5 Å². The van der Waals surface area contributed by atoms with Gasteiger partial charge in [0.25, 0.3) is 5.92 Å². The van der Waals surface area contributed by atoms with Crippen LogP contribution in [0.3, 0.4) is 0 Å². The molecular formula is C40H30Br4F2N4. The quantitative estimate of drug-likeness (QED) is 0.163. The van der Waals surface area contributed by atoms with Crippen LogP contribution in [0.1, 0.15) is 61.1 Å². The highest BCUT2D eigenvalue weighted by molar-refractivity contribution is 9.24. The SMILES string of the molecule is CC1(C)N=C(c2cnc3cc(Br)ccc3c2)c2ccccc2C1(Br)Br.CC1(C)N=C(c2cnc3cc(Br)ccc3c2)c2ccccc2C1(F)F. The average molecular weight is 924 g/mol. The molecule has 2 aromatic heterocycles. The third-order valence-corrected chi connectivity index (χ3v) is 13.0. The van der Waals surface area contributed by atoms with E-state index in [-0.39, 0.29) is 11.1 Å². The van der Waals surface area contributed by atoms with E-state index in [9.17, 15) is 8.78 Å². The summed E-state index contributed by atoms with van der Waals surface area (Å²) in [5, 5.41) is 2.05. The van der Waals surface area contributed by atoms with Gasteiger partial charge in [-0.3, -0.25) is 20.0 Å². The number of aliphatic imine (C=N–C) groups is 2. The Kier molecular flexibility index (Phi) is 9.02. The fourth-order valence-electron chi connectivity index (χ4n) is 6.29. The van der Waals surface area contributed by atoms with Crippen LogP contribution in [0.5, 0.6) is 0 Å². The fourth-order valence-corrected chi connectivity index (χ4v) is 7.86. The number of alkyl halides is 4. The molecule has 0 saturated carbocycles. The molecule has 4 aromatic carbocycles. The number of hydrogen-bond acceptors (Lipinski definition) is 4. The lowest BCUT2D eigenvalue weighted by molar-refractivity contribution is -0.0681. The third-order valence-electron chi connectivity index (χ3n) is 9.20. The van der Waals surface area contributed by atoms with Crippen molar-refractivity contribution in [2.24, 2.45) is 9.98 Å². The summed E-state index contributed by atoms with van der Waals surface area (Å²) < 4.78 is 31.2. The predicted octanol–water partition coefficient (Wildman–Crippen LogP) is 12.3. The molecule has 252 valence electrons. The van der Waals surface area contributed by atoms with Gasteiger partial charge in [-0.1, -0.05) is 124 Å². The predicted molar refractivity (Wildman–Crippen MR) is 215 cm³/mol. The first-order valence-corrected chi connectivity index (χ1v) is 19.0. The molecule has 4 heterocycles. The molecule has 6 aromatic rings. The lowest BCUT2D eigenvalue weighted by Gasteiger charge is -2.41. The van der Waals surface area contributed by atoms with Crippen LogP contribution < -0.4 is 0 Å². The lowest BCUT2D eigenvalue weighted by Crippen LogP contribution is -2.44. The average Bonchev–Trinajstić information content (AvgIpc) is 3.08. The van der Waals surface area contributed by atoms with Crippen molar-refractivity contribution in [1.29, 1.82) is 0 Å². The summed E-state index contributed by atoms with van der Waals surface area (Å²) in [6, 6.07) is 31.0. The zero-order valence-electron chi connectivity index (χ0n) is 27.4. The Morgan fingerprint density at radius 3 is 1.50 bits per heavy atom. The van der Waals surface area contributed by atoms with Gasteiger partial charge in [0.15, 0.2) is 0 Å². The van der Waals surface area contributed by atoms with Gasteiger partial charge in [0.05, 0.1) is 28.0 Å². The number of fused-ring (bicyclic) bond motifs is 4. The van der Waals surface area contributed by atoms with Crippen LogP contribution in [0.4, 0.5) is 8.78 Å². The largest absolute Gasteiger partial charge is 0.297 e. The molecule has 4 nitrogen and oxygen atoms in total. The van der Waals surface area contributed by atoms with E-state index in [0.717, 1.165) is 53.2 Å². The second-order valence-electron chi connectivity index (χ2n) is 13.4. The first-order valence-electron chi connectivity index (χ1n) is 15.9. The maximum absolute atomic E-state index is 14.8. The van der Waals surface area contributed by atoms with Crippen molar-refractivity contribution in [3.8, 4) is 0 Å². The minimum atomic E-state index is -3.03. The van der Waals surface area contributed by atoms with Crippen molar-refractivity contribution in [2.45, 2.75) is 47.9 Å². The Labute approximate surface area is 323 Å². The molecule has 2 aliphatic rings. The molecule has 0 bridgehead atoms. The zero-order valence-corrected chi connectivity index (χ0v) is 33.8. The molecule has 2 aliphatic heterocycles. The number of pyridine rings is 2. The number of rotatable bonds is 2. The summed E-state index contributed by atoms with van der Waals surface area (Å²) in [4.78, 5) is 18.6. The van der Waals surface area contributed by atoms with E-state index in [0.29, 0.717) is 11.3 Å². The molecular weight excluding hydrogens is 894 g/mol. The minimum Gasteiger partial charge on any atom is -0.275 e. The summed E-state index contributed by atoms with van der Waals surface area (Å²) in [7, 11) is 0. The third kappa shape index (κ3) is 6.10. The summed E-state index contributed by atoms with van der Waals surface area (Å²) in [6.07, 6.45) is 3.61. The second-order valence-corrected chi connectivity index (χ2v) is 18.7. The monoisotopic (exact) mass is 920 g/mol. The maximum atomic E-state index is 14.8. The van der Waals surface area contributed by atoms with Gasteiger partial charge in [0.1, 0.15) is 8.77 Å². The number of halogens is 6. The van der Waals surface area contributed by atoms with Crippen LogP contribution in [0.25, 0.3) is 21.8 Å². The van der Waals surface area contributed by atoms with Crippen molar-refractivity contribution < 1.29 is 8.78 Å². The molecule has 0 spiro atoms. The Hall–Kier alpha value is -3.18. The van der Waals surface area contributed by atoms with E-state index >= 15 is 0 Å². The molecule has 0 aliphatic carbocycles. The van der Waals surface area contributed by atoms with Gasteiger partial charge < -0.3 is 0 Å².